The van der Waals surface area contributed by atoms with E-state index in [-0.39, 0.29) is 23.6 Å². The van der Waals surface area contributed by atoms with E-state index in [9.17, 15) is 9.18 Å². The van der Waals surface area contributed by atoms with Crippen molar-refractivity contribution in [2.75, 3.05) is 13.1 Å². The monoisotopic (exact) mass is 326 g/mol. The Hall–Kier alpha value is -0.940. The standard InChI is InChI=1S/C14H16BrFN2O/c15-9-1-4-13(16)12(7-9)14(19)18-10-2-3-11(18)8-17-6-5-10/h1,4,7,10-11,17H,2-3,5-6,8H2. The lowest BCUT2D eigenvalue weighted by molar-refractivity contribution is 0.0675. The smallest absolute Gasteiger partial charge is 0.257 e. The molecular weight excluding hydrogens is 311 g/mol. The molecule has 0 aliphatic carbocycles. The number of nitrogens with one attached hydrogen (secondary N) is 1. The summed E-state index contributed by atoms with van der Waals surface area (Å²) in [5, 5.41) is 3.34. The van der Waals surface area contributed by atoms with Crippen LogP contribution in [-0.4, -0.2) is 36.0 Å². The highest BCUT2D eigenvalue weighted by atomic mass is 79.9. The maximum absolute atomic E-state index is 13.9. The Morgan fingerprint density at radius 3 is 2.95 bits per heavy atom. The number of halogens is 2. The van der Waals surface area contributed by atoms with Gasteiger partial charge >= 0.3 is 0 Å². The molecule has 1 aromatic carbocycles. The summed E-state index contributed by atoms with van der Waals surface area (Å²) in [6.07, 6.45) is 3.00. The van der Waals surface area contributed by atoms with Crippen LogP contribution in [0.25, 0.3) is 0 Å². The Bertz CT molecular complexity index is 494. The summed E-state index contributed by atoms with van der Waals surface area (Å²) in [5.41, 5.74) is 0.174. The van der Waals surface area contributed by atoms with Crippen LogP contribution in [0.3, 0.4) is 0 Å². The third-order valence-corrected chi connectivity index (χ3v) is 4.54. The largest absolute Gasteiger partial charge is 0.331 e. The van der Waals surface area contributed by atoms with Gasteiger partial charge in [-0.15, -0.1) is 0 Å². The third kappa shape index (κ3) is 2.41. The van der Waals surface area contributed by atoms with Gasteiger partial charge in [0.2, 0.25) is 0 Å². The second-order valence-corrected chi connectivity index (χ2v) is 6.13. The first kappa shape index (κ1) is 13.1. The minimum atomic E-state index is -0.440. The van der Waals surface area contributed by atoms with Crippen LogP contribution in [0.15, 0.2) is 22.7 Å². The molecule has 2 atom stereocenters. The van der Waals surface area contributed by atoms with Crippen LogP contribution < -0.4 is 5.32 Å². The molecule has 19 heavy (non-hydrogen) atoms. The van der Waals surface area contributed by atoms with Gasteiger partial charge < -0.3 is 10.2 Å². The van der Waals surface area contributed by atoms with E-state index in [0.29, 0.717) is 0 Å². The summed E-state index contributed by atoms with van der Waals surface area (Å²) in [4.78, 5) is 14.5. The number of nitrogens with zero attached hydrogens (tertiary/aromatic N) is 1. The highest BCUT2D eigenvalue weighted by Gasteiger charge is 2.38. The van der Waals surface area contributed by atoms with Gasteiger partial charge in [0.15, 0.2) is 0 Å². The predicted molar refractivity (Wildman–Crippen MR) is 74.6 cm³/mol. The molecule has 5 heteroatoms. The van der Waals surface area contributed by atoms with Crippen molar-refractivity contribution in [1.29, 1.82) is 0 Å². The Balaban J connectivity index is 1.93. The van der Waals surface area contributed by atoms with Crippen LogP contribution in [0.4, 0.5) is 4.39 Å². The lowest BCUT2D eigenvalue weighted by Crippen LogP contribution is -2.42. The number of benzene rings is 1. The number of hydrogen-bond donors (Lipinski definition) is 1. The van der Waals surface area contributed by atoms with Gasteiger partial charge in [-0.05, 0) is 44.0 Å². The summed E-state index contributed by atoms with van der Waals surface area (Å²) in [6, 6.07) is 5.00. The normalized spacial score (nSPS) is 26.3. The zero-order chi connectivity index (χ0) is 13.4. The second-order valence-electron chi connectivity index (χ2n) is 5.21. The second kappa shape index (κ2) is 5.21. The van der Waals surface area contributed by atoms with Gasteiger partial charge in [0.1, 0.15) is 5.82 Å². The Kier molecular flexibility index (Phi) is 3.58. The van der Waals surface area contributed by atoms with Gasteiger partial charge in [-0.25, -0.2) is 4.39 Å². The predicted octanol–water partition coefficient (Wildman–Crippen LogP) is 2.55. The van der Waals surface area contributed by atoms with E-state index in [2.05, 4.69) is 21.2 Å². The molecule has 1 aromatic rings. The van der Waals surface area contributed by atoms with Crippen molar-refractivity contribution in [2.24, 2.45) is 0 Å². The van der Waals surface area contributed by atoms with E-state index in [1.165, 1.54) is 6.07 Å². The summed E-state index contributed by atoms with van der Waals surface area (Å²) < 4.78 is 14.6. The van der Waals surface area contributed by atoms with Crippen molar-refractivity contribution in [3.8, 4) is 0 Å². The zero-order valence-corrected chi connectivity index (χ0v) is 12.1. The minimum absolute atomic E-state index is 0.171. The lowest BCUT2D eigenvalue weighted by atomic mass is 10.1. The summed E-state index contributed by atoms with van der Waals surface area (Å²) in [6.45, 7) is 1.75. The van der Waals surface area contributed by atoms with Gasteiger partial charge in [0.25, 0.3) is 5.91 Å². The maximum atomic E-state index is 13.9. The van der Waals surface area contributed by atoms with Crippen LogP contribution in [0.5, 0.6) is 0 Å². The van der Waals surface area contributed by atoms with Crippen molar-refractivity contribution in [3.63, 3.8) is 0 Å². The molecular formula is C14H16BrFN2O. The van der Waals surface area contributed by atoms with Crippen molar-refractivity contribution < 1.29 is 9.18 Å². The number of carbonyl (C=O) groups excluding carboxylic acids is 1. The summed E-state index contributed by atoms with van der Waals surface area (Å²) >= 11 is 3.30. The quantitative estimate of drug-likeness (QED) is 0.860. The molecule has 102 valence electrons. The first-order chi connectivity index (χ1) is 9.16. The number of amides is 1. The van der Waals surface area contributed by atoms with E-state index in [4.69, 9.17) is 0 Å². The van der Waals surface area contributed by atoms with Crippen molar-refractivity contribution in [1.82, 2.24) is 10.2 Å². The SMILES string of the molecule is O=C(c1cc(Br)ccc1F)N1C2CCNCC1CC2. The molecule has 1 amide bonds. The van der Waals surface area contributed by atoms with Gasteiger partial charge in [-0.3, -0.25) is 4.79 Å². The van der Waals surface area contributed by atoms with Gasteiger partial charge in [-0.2, -0.15) is 0 Å². The highest BCUT2D eigenvalue weighted by molar-refractivity contribution is 9.10. The molecule has 2 aliphatic rings. The molecule has 3 nitrogen and oxygen atoms in total. The number of carbonyl (C=O) groups is 1. The molecule has 2 bridgehead atoms. The maximum Gasteiger partial charge on any atom is 0.257 e. The van der Waals surface area contributed by atoms with Crippen molar-refractivity contribution >= 4 is 21.8 Å². The van der Waals surface area contributed by atoms with E-state index < -0.39 is 5.82 Å². The molecule has 0 radical (unpaired) electrons. The molecule has 0 spiro atoms. The average molecular weight is 327 g/mol. The topological polar surface area (TPSA) is 32.3 Å². The van der Waals surface area contributed by atoms with Gasteiger partial charge in [-0.1, -0.05) is 15.9 Å². The van der Waals surface area contributed by atoms with E-state index in [1.54, 1.807) is 12.1 Å². The van der Waals surface area contributed by atoms with E-state index >= 15 is 0 Å². The zero-order valence-electron chi connectivity index (χ0n) is 10.5. The fraction of sp³-hybridized carbons (Fsp3) is 0.500. The highest BCUT2D eigenvalue weighted by Crippen LogP contribution is 2.30. The Morgan fingerprint density at radius 2 is 2.11 bits per heavy atom. The molecule has 2 heterocycles. The average Bonchev–Trinajstić information content (AvgIpc) is 2.65. The molecule has 2 aliphatic heterocycles. The Labute approximate surface area is 120 Å². The first-order valence-corrected chi connectivity index (χ1v) is 7.44. The van der Waals surface area contributed by atoms with Crippen LogP contribution in [0, 0.1) is 5.82 Å². The third-order valence-electron chi connectivity index (χ3n) is 4.05. The number of fused-ring (bicyclic) bond motifs is 2. The Morgan fingerprint density at radius 1 is 1.32 bits per heavy atom. The summed E-state index contributed by atoms with van der Waals surface area (Å²) in [7, 11) is 0. The summed E-state index contributed by atoms with van der Waals surface area (Å²) in [5.74, 6) is -0.611. The lowest BCUT2D eigenvalue weighted by Gasteiger charge is -2.28. The van der Waals surface area contributed by atoms with Crippen molar-refractivity contribution in [3.05, 3.63) is 34.1 Å². The van der Waals surface area contributed by atoms with E-state index in [1.807, 2.05) is 4.90 Å². The van der Waals surface area contributed by atoms with E-state index in [0.717, 1.165) is 36.8 Å². The fourth-order valence-corrected chi connectivity index (χ4v) is 3.48. The minimum Gasteiger partial charge on any atom is -0.331 e. The molecule has 2 unspecified atom stereocenters. The molecule has 2 fully saturated rings. The number of hydrogen-bond acceptors (Lipinski definition) is 2. The van der Waals surface area contributed by atoms with Crippen LogP contribution >= 0.6 is 15.9 Å². The molecule has 2 saturated heterocycles. The molecule has 3 rings (SSSR count). The van der Waals surface area contributed by atoms with Crippen LogP contribution in [-0.2, 0) is 0 Å². The van der Waals surface area contributed by atoms with Gasteiger partial charge in [0.05, 0.1) is 5.56 Å². The van der Waals surface area contributed by atoms with Crippen LogP contribution in [0.2, 0.25) is 0 Å². The molecule has 1 N–H and O–H groups in total. The molecule has 0 saturated carbocycles. The van der Waals surface area contributed by atoms with Crippen molar-refractivity contribution in [2.45, 2.75) is 31.3 Å². The molecule has 0 aromatic heterocycles. The van der Waals surface area contributed by atoms with Gasteiger partial charge in [0, 0.05) is 23.1 Å². The number of rotatable bonds is 1. The first-order valence-electron chi connectivity index (χ1n) is 6.65. The fourth-order valence-electron chi connectivity index (χ4n) is 3.11. The van der Waals surface area contributed by atoms with Crippen LogP contribution in [0.1, 0.15) is 29.6 Å².